The number of rotatable bonds is 6. The van der Waals surface area contributed by atoms with Crippen molar-refractivity contribution < 1.29 is 24.2 Å². The van der Waals surface area contributed by atoms with Gasteiger partial charge < -0.3 is 9.84 Å². The lowest BCUT2D eigenvalue weighted by atomic mass is 10.0. The fourth-order valence-corrected chi connectivity index (χ4v) is 4.22. The molecule has 0 radical (unpaired) electrons. The standard InChI is InChI=1S/C21H17NO5S2/c1-27-20(26)15-9-7-14(8-10-15)12-17-18(23)22(21(28)29-17)16(19(24)25)11-13-5-3-2-4-6-13/h2-10,12,16H,11H2,1H3,(H,24,25)/b17-12+/t16-/m1/s1. The number of benzene rings is 2. The number of carboxylic acids is 1. The molecule has 0 aliphatic carbocycles. The van der Waals surface area contributed by atoms with Crippen LogP contribution in [0.2, 0.25) is 0 Å². The van der Waals surface area contributed by atoms with Gasteiger partial charge in [-0.15, -0.1) is 0 Å². The van der Waals surface area contributed by atoms with E-state index in [-0.39, 0.29) is 10.7 Å². The molecule has 3 rings (SSSR count). The lowest BCUT2D eigenvalue weighted by Gasteiger charge is -2.23. The average Bonchev–Trinajstić information content (AvgIpc) is 2.99. The fourth-order valence-electron chi connectivity index (χ4n) is 2.86. The Balaban J connectivity index is 1.83. The molecule has 29 heavy (non-hydrogen) atoms. The van der Waals surface area contributed by atoms with Gasteiger partial charge in [0, 0.05) is 6.42 Å². The van der Waals surface area contributed by atoms with E-state index in [1.54, 1.807) is 30.3 Å². The molecule has 0 unspecified atom stereocenters. The first kappa shape index (κ1) is 20.8. The maximum absolute atomic E-state index is 12.9. The van der Waals surface area contributed by atoms with E-state index in [1.807, 2.05) is 30.3 Å². The molecule has 2 aromatic rings. The summed E-state index contributed by atoms with van der Waals surface area (Å²) in [6.45, 7) is 0. The number of hydrogen-bond acceptors (Lipinski definition) is 6. The summed E-state index contributed by atoms with van der Waals surface area (Å²) >= 11 is 6.36. The Bertz CT molecular complexity index is 986. The second kappa shape index (κ2) is 9.02. The van der Waals surface area contributed by atoms with Crippen LogP contribution in [-0.4, -0.2) is 45.3 Å². The second-order valence-corrected chi connectivity index (χ2v) is 7.88. The number of carbonyl (C=O) groups is 3. The van der Waals surface area contributed by atoms with Gasteiger partial charge in [0.1, 0.15) is 10.4 Å². The molecule has 0 saturated carbocycles. The zero-order chi connectivity index (χ0) is 21.0. The molecule has 1 heterocycles. The van der Waals surface area contributed by atoms with Crippen molar-refractivity contribution >= 4 is 52.2 Å². The number of carbonyl (C=O) groups excluding carboxylic acids is 2. The van der Waals surface area contributed by atoms with Gasteiger partial charge in [0.25, 0.3) is 5.91 Å². The minimum Gasteiger partial charge on any atom is -0.480 e. The van der Waals surface area contributed by atoms with E-state index in [4.69, 9.17) is 12.2 Å². The largest absolute Gasteiger partial charge is 0.480 e. The maximum Gasteiger partial charge on any atom is 0.337 e. The number of aliphatic carboxylic acids is 1. The molecule has 1 aliphatic rings. The van der Waals surface area contributed by atoms with Crippen molar-refractivity contribution in [3.8, 4) is 0 Å². The summed E-state index contributed by atoms with van der Waals surface area (Å²) in [6.07, 6.45) is 1.78. The van der Waals surface area contributed by atoms with Gasteiger partial charge in [-0.25, -0.2) is 9.59 Å². The number of thiocarbonyl (C=S) groups is 1. The Morgan fingerprint density at radius 3 is 2.41 bits per heavy atom. The van der Waals surface area contributed by atoms with E-state index in [2.05, 4.69) is 4.74 Å². The third-order valence-corrected chi connectivity index (χ3v) is 5.65. The van der Waals surface area contributed by atoms with Gasteiger partial charge in [0.05, 0.1) is 17.6 Å². The minimum atomic E-state index is -1.12. The topological polar surface area (TPSA) is 83.9 Å². The molecule has 1 saturated heterocycles. The van der Waals surface area contributed by atoms with Crippen LogP contribution in [0.25, 0.3) is 6.08 Å². The number of esters is 1. The molecule has 1 atom stereocenters. The maximum atomic E-state index is 12.9. The molecule has 0 bridgehead atoms. The van der Waals surface area contributed by atoms with Gasteiger partial charge in [-0.3, -0.25) is 9.69 Å². The van der Waals surface area contributed by atoms with Crippen LogP contribution in [-0.2, 0) is 20.7 Å². The molecule has 1 amide bonds. The molecular weight excluding hydrogens is 410 g/mol. The number of carboxylic acid groups (broad SMARTS) is 1. The highest BCUT2D eigenvalue weighted by molar-refractivity contribution is 8.26. The van der Waals surface area contributed by atoms with Crippen molar-refractivity contribution in [1.29, 1.82) is 0 Å². The Hall–Kier alpha value is -2.97. The number of amides is 1. The highest BCUT2D eigenvalue weighted by Crippen LogP contribution is 2.34. The number of hydrogen-bond donors (Lipinski definition) is 1. The highest BCUT2D eigenvalue weighted by Gasteiger charge is 2.40. The van der Waals surface area contributed by atoms with Crippen LogP contribution in [0.3, 0.4) is 0 Å². The van der Waals surface area contributed by atoms with E-state index in [9.17, 15) is 19.5 Å². The van der Waals surface area contributed by atoms with E-state index >= 15 is 0 Å². The van der Waals surface area contributed by atoms with E-state index in [0.29, 0.717) is 16.0 Å². The van der Waals surface area contributed by atoms with Gasteiger partial charge in [-0.1, -0.05) is 66.4 Å². The van der Waals surface area contributed by atoms with Crippen LogP contribution >= 0.6 is 24.0 Å². The van der Waals surface area contributed by atoms with Gasteiger partial charge in [0.2, 0.25) is 0 Å². The number of nitrogens with zero attached hydrogens (tertiary/aromatic N) is 1. The van der Waals surface area contributed by atoms with Gasteiger partial charge in [0.15, 0.2) is 0 Å². The summed E-state index contributed by atoms with van der Waals surface area (Å²) in [4.78, 5) is 37.8. The quantitative estimate of drug-likeness (QED) is 0.430. The van der Waals surface area contributed by atoms with Crippen LogP contribution in [0, 0.1) is 0 Å². The molecule has 1 fully saturated rings. The summed E-state index contributed by atoms with van der Waals surface area (Å²) in [5.74, 6) is -2.01. The predicted octanol–water partition coefficient (Wildman–Crippen LogP) is 3.37. The first-order valence-electron chi connectivity index (χ1n) is 8.63. The molecule has 1 aliphatic heterocycles. The Morgan fingerprint density at radius 1 is 1.17 bits per heavy atom. The molecule has 148 valence electrons. The third-order valence-electron chi connectivity index (χ3n) is 4.32. The van der Waals surface area contributed by atoms with Crippen molar-refractivity contribution in [2.45, 2.75) is 12.5 Å². The summed E-state index contributed by atoms with van der Waals surface area (Å²) < 4.78 is 4.86. The Labute approximate surface area is 177 Å². The summed E-state index contributed by atoms with van der Waals surface area (Å²) in [5, 5.41) is 9.69. The molecule has 2 aromatic carbocycles. The van der Waals surface area contributed by atoms with Crippen LogP contribution in [0.4, 0.5) is 0 Å². The van der Waals surface area contributed by atoms with E-state index in [0.717, 1.165) is 22.2 Å². The summed E-state index contributed by atoms with van der Waals surface area (Å²) in [5.41, 5.74) is 1.88. The zero-order valence-corrected chi connectivity index (χ0v) is 17.0. The first-order valence-corrected chi connectivity index (χ1v) is 9.85. The van der Waals surface area contributed by atoms with E-state index in [1.165, 1.54) is 7.11 Å². The van der Waals surface area contributed by atoms with Crippen molar-refractivity contribution in [2.75, 3.05) is 7.11 Å². The van der Waals surface area contributed by atoms with Crippen molar-refractivity contribution in [3.63, 3.8) is 0 Å². The van der Waals surface area contributed by atoms with Gasteiger partial charge >= 0.3 is 11.9 Å². The molecule has 0 spiro atoms. The van der Waals surface area contributed by atoms with Gasteiger partial charge in [-0.2, -0.15) is 0 Å². The zero-order valence-electron chi connectivity index (χ0n) is 15.4. The molecular formula is C21H17NO5S2. The SMILES string of the molecule is COC(=O)c1ccc(/C=C2/SC(=S)N([C@H](Cc3ccccc3)C(=O)O)C2=O)cc1. The van der Waals surface area contributed by atoms with Crippen LogP contribution in [0.1, 0.15) is 21.5 Å². The lowest BCUT2D eigenvalue weighted by Crippen LogP contribution is -2.45. The molecule has 1 N–H and O–H groups in total. The smallest absolute Gasteiger partial charge is 0.337 e. The molecule has 0 aromatic heterocycles. The second-order valence-electron chi connectivity index (χ2n) is 6.21. The summed E-state index contributed by atoms with van der Waals surface area (Å²) in [6, 6.07) is 14.5. The first-order chi connectivity index (χ1) is 13.9. The minimum absolute atomic E-state index is 0.156. The van der Waals surface area contributed by atoms with Crippen molar-refractivity contribution in [2.24, 2.45) is 0 Å². The molecule has 6 nitrogen and oxygen atoms in total. The van der Waals surface area contributed by atoms with Crippen LogP contribution in [0.5, 0.6) is 0 Å². The third kappa shape index (κ3) is 4.72. The summed E-state index contributed by atoms with van der Waals surface area (Å²) in [7, 11) is 1.30. The Morgan fingerprint density at radius 2 is 1.83 bits per heavy atom. The lowest BCUT2D eigenvalue weighted by molar-refractivity contribution is -0.145. The number of thioether (sulfide) groups is 1. The Kier molecular flexibility index (Phi) is 6.46. The number of ether oxygens (including phenoxy) is 1. The highest BCUT2D eigenvalue weighted by atomic mass is 32.2. The number of methoxy groups -OCH3 is 1. The van der Waals surface area contributed by atoms with E-state index < -0.39 is 23.9 Å². The van der Waals surface area contributed by atoms with Crippen LogP contribution in [0.15, 0.2) is 59.5 Å². The van der Waals surface area contributed by atoms with Gasteiger partial charge in [-0.05, 0) is 29.3 Å². The average molecular weight is 428 g/mol. The normalized spacial score (nSPS) is 16.2. The van der Waals surface area contributed by atoms with Crippen molar-refractivity contribution in [1.82, 2.24) is 4.90 Å². The predicted molar refractivity (Wildman–Crippen MR) is 114 cm³/mol. The van der Waals surface area contributed by atoms with Crippen LogP contribution < -0.4 is 0 Å². The molecule has 8 heteroatoms. The monoisotopic (exact) mass is 427 g/mol. The fraction of sp³-hybridized carbons (Fsp3) is 0.143. The van der Waals surface area contributed by atoms with Crippen molar-refractivity contribution in [3.05, 3.63) is 76.2 Å².